The van der Waals surface area contributed by atoms with Crippen molar-refractivity contribution < 1.29 is 14.0 Å². The minimum Gasteiger partial charge on any atom is -0.450 e. The molecule has 7 rings (SSSR count). The molecule has 2 aliphatic rings. The Balaban J connectivity index is 1.51. The normalized spacial score (nSPS) is 17.5. The number of halogens is 1. The van der Waals surface area contributed by atoms with Crippen LogP contribution in [0.5, 0.6) is 0 Å². The summed E-state index contributed by atoms with van der Waals surface area (Å²) >= 11 is 6.27. The first-order chi connectivity index (χ1) is 19.8. The lowest BCUT2D eigenvalue weighted by molar-refractivity contribution is -0.126. The second kappa shape index (κ2) is 9.18. The van der Waals surface area contributed by atoms with Crippen molar-refractivity contribution in [1.82, 2.24) is 4.90 Å². The van der Waals surface area contributed by atoms with Gasteiger partial charge in [0.25, 0.3) is 11.8 Å². The van der Waals surface area contributed by atoms with Gasteiger partial charge in [0.2, 0.25) is 5.76 Å². The first-order valence-electron chi connectivity index (χ1n) is 13.4. The Kier molecular flexibility index (Phi) is 5.66. The van der Waals surface area contributed by atoms with Crippen LogP contribution >= 0.6 is 11.6 Å². The van der Waals surface area contributed by atoms with Gasteiger partial charge in [-0.3, -0.25) is 14.4 Å². The summed E-state index contributed by atoms with van der Waals surface area (Å²) in [6, 6.07) is 27.8. The molecule has 0 N–H and O–H groups in total. The van der Waals surface area contributed by atoms with Gasteiger partial charge < -0.3 is 14.2 Å². The zero-order valence-electron chi connectivity index (χ0n) is 22.5. The number of amides is 2. The van der Waals surface area contributed by atoms with Gasteiger partial charge in [0, 0.05) is 17.1 Å². The molecule has 6 nitrogen and oxygen atoms in total. The Bertz CT molecular complexity index is 1960. The number of nitrogens with zero attached hydrogens (tertiary/aromatic N) is 2. The lowest BCUT2D eigenvalue weighted by Gasteiger charge is -2.34. The Labute approximate surface area is 241 Å². The smallest absolute Gasteiger partial charge is 0.291 e. The molecule has 0 aliphatic carbocycles. The first-order valence-corrected chi connectivity index (χ1v) is 13.8. The molecule has 202 valence electrons. The number of para-hydroxylation sites is 1. The number of rotatable bonds is 4. The summed E-state index contributed by atoms with van der Waals surface area (Å²) in [6.07, 6.45) is 0. The summed E-state index contributed by atoms with van der Waals surface area (Å²) in [6.45, 7) is 4.38. The van der Waals surface area contributed by atoms with Gasteiger partial charge in [0.15, 0.2) is 11.0 Å². The van der Waals surface area contributed by atoms with E-state index in [1.807, 2.05) is 86.6 Å². The predicted octanol–water partition coefficient (Wildman–Crippen LogP) is 6.51. The second-order valence-corrected chi connectivity index (χ2v) is 11.2. The van der Waals surface area contributed by atoms with Crippen molar-refractivity contribution in [3.8, 4) is 0 Å². The summed E-state index contributed by atoms with van der Waals surface area (Å²) in [5.74, 6) is -0.985. The van der Waals surface area contributed by atoms with Crippen LogP contribution < -0.4 is 10.3 Å². The number of hydrogen-bond donors (Lipinski definition) is 0. The van der Waals surface area contributed by atoms with Crippen LogP contribution in [0.4, 0.5) is 5.69 Å². The molecule has 1 spiro atoms. The van der Waals surface area contributed by atoms with Gasteiger partial charge in [-0.2, -0.15) is 0 Å². The molecular weight excluding hydrogens is 536 g/mol. The van der Waals surface area contributed by atoms with E-state index < -0.39 is 16.9 Å². The van der Waals surface area contributed by atoms with Crippen LogP contribution in [0.2, 0.25) is 5.02 Å². The van der Waals surface area contributed by atoms with E-state index in [0.29, 0.717) is 16.3 Å². The van der Waals surface area contributed by atoms with Gasteiger partial charge in [-0.1, -0.05) is 89.5 Å². The van der Waals surface area contributed by atoms with Gasteiger partial charge >= 0.3 is 0 Å². The highest BCUT2D eigenvalue weighted by atomic mass is 35.5. The Hall–Kier alpha value is -4.68. The number of benzene rings is 4. The summed E-state index contributed by atoms with van der Waals surface area (Å²) < 4.78 is 6.14. The highest BCUT2D eigenvalue weighted by Crippen LogP contribution is 2.53. The number of carbonyl (C=O) groups excluding carboxylic acids is 2. The van der Waals surface area contributed by atoms with E-state index in [1.165, 1.54) is 11.0 Å². The van der Waals surface area contributed by atoms with Gasteiger partial charge in [-0.05, 0) is 49.2 Å². The van der Waals surface area contributed by atoms with Crippen molar-refractivity contribution in [1.29, 1.82) is 0 Å². The number of anilines is 1. The van der Waals surface area contributed by atoms with E-state index >= 15 is 0 Å². The molecule has 3 heterocycles. The maximum Gasteiger partial charge on any atom is 0.291 e. The third-order valence-corrected chi connectivity index (χ3v) is 8.32. The molecule has 0 fully saturated rings. The first kappa shape index (κ1) is 25.3. The minimum atomic E-state index is -1.70. The molecule has 0 bridgehead atoms. The summed E-state index contributed by atoms with van der Waals surface area (Å²) in [5.41, 5.74) is 3.29. The molecule has 5 aromatic rings. The summed E-state index contributed by atoms with van der Waals surface area (Å²) in [4.78, 5) is 46.7. The molecule has 1 unspecified atom stereocenters. The van der Waals surface area contributed by atoms with Crippen molar-refractivity contribution in [3.05, 3.63) is 145 Å². The van der Waals surface area contributed by atoms with Gasteiger partial charge in [0.1, 0.15) is 5.58 Å². The van der Waals surface area contributed by atoms with E-state index in [0.717, 1.165) is 22.3 Å². The van der Waals surface area contributed by atoms with Crippen LogP contribution in [0, 0.1) is 13.8 Å². The van der Waals surface area contributed by atoms with Crippen LogP contribution in [0.15, 0.2) is 100 Å². The van der Waals surface area contributed by atoms with Crippen molar-refractivity contribution in [2.45, 2.75) is 32.5 Å². The largest absolute Gasteiger partial charge is 0.450 e. The van der Waals surface area contributed by atoms with Crippen LogP contribution in [0.25, 0.3) is 11.0 Å². The third-order valence-electron chi connectivity index (χ3n) is 8.08. The van der Waals surface area contributed by atoms with E-state index in [2.05, 4.69) is 0 Å². The van der Waals surface area contributed by atoms with Gasteiger partial charge in [-0.15, -0.1) is 0 Å². The second-order valence-electron chi connectivity index (χ2n) is 10.8. The molecule has 1 atom stereocenters. The van der Waals surface area contributed by atoms with E-state index in [9.17, 15) is 14.4 Å². The highest BCUT2D eigenvalue weighted by molar-refractivity contribution is 6.31. The van der Waals surface area contributed by atoms with E-state index in [1.54, 1.807) is 17.0 Å². The fraction of sp³-hybridized carbons (Fsp3) is 0.147. The molecule has 0 saturated heterocycles. The maximum absolute atomic E-state index is 14.9. The van der Waals surface area contributed by atoms with Gasteiger partial charge in [-0.25, -0.2) is 0 Å². The summed E-state index contributed by atoms with van der Waals surface area (Å²) in [7, 11) is 0. The SMILES string of the molecule is Cc1ccc(CN2C(=O)c3oc4ccc(Cl)cc4c(=O)c3C23C(=O)N(Cc2cccc(C)c2)c2ccccc23)cc1. The monoisotopic (exact) mass is 560 g/mol. The average molecular weight is 561 g/mol. The third kappa shape index (κ3) is 3.67. The van der Waals surface area contributed by atoms with Crippen LogP contribution in [-0.2, 0) is 23.4 Å². The van der Waals surface area contributed by atoms with Crippen molar-refractivity contribution in [2.24, 2.45) is 0 Å². The Morgan fingerprint density at radius 2 is 1.56 bits per heavy atom. The molecule has 4 aromatic carbocycles. The van der Waals surface area contributed by atoms with Crippen LogP contribution in [0.3, 0.4) is 0 Å². The fourth-order valence-corrected chi connectivity index (χ4v) is 6.38. The molecule has 1 aromatic heterocycles. The standard InChI is InChI=1S/C34H25ClN2O4/c1-20-10-12-22(13-11-20)19-37-32(39)31-29(30(38)25-17-24(35)14-15-28(25)41-31)34(37)26-8-3-4-9-27(26)36(33(34)40)18-23-7-5-6-21(2)16-23/h3-17H,18-19H2,1-2H3. The number of fused-ring (bicyclic) bond motifs is 5. The highest BCUT2D eigenvalue weighted by Gasteiger charge is 2.65. The van der Waals surface area contributed by atoms with Crippen molar-refractivity contribution in [3.63, 3.8) is 0 Å². The maximum atomic E-state index is 14.9. The molecular formula is C34H25ClN2O4. The Morgan fingerprint density at radius 1 is 0.780 bits per heavy atom. The topological polar surface area (TPSA) is 70.8 Å². The van der Waals surface area contributed by atoms with E-state index in [4.69, 9.17) is 16.0 Å². The average Bonchev–Trinajstić information content (AvgIpc) is 3.35. The zero-order valence-corrected chi connectivity index (χ0v) is 23.2. The Morgan fingerprint density at radius 3 is 2.34 bits per heavy atom. The number of hydrogen-bond acceptors (Lipinski definition) is 4. The van der Waals surface area contributed by atoms with E-state index in [-0.39, 0.29) is 41.3 Å². The van der Waals surface area contributed by atoms with Crippen molar-refractivity contribution in [2.75, 3.05) is 4.90 Å². The number of aryl methyl sites for hydroxylation is 2. The van der Waals surface area contributed by atoms with Crippen LogP contribution in [0.1, 0.15) is 43.9 Å². The predicted molar refractivity (Wildman–Crippen MR) is 158 cm³/mol. The fourth-order valence-electron chi connectivity index (χ4n) is 6.21. The summed E-state index contributed by atoms with van der Waals surface area (Å²) in [5, 5.41) is 0.585. The molecule has 41 heavy (non-hydrogen) atoms. The number of carbonyl (C=O) groups is 2. The molecule has 0 radical (unpaired) electrons. The molecule has 2 aliphatic heterocycles. The molecule has 7 heteroatoms. The van der Waals surface area contributed by atoms with Crippen LogP contribution in [-0.4, -0.2) is 16.7 Å². The lowest BCUT2D eigenvalue weighted by atomic mass is 9.83. The molecule has 0 saturated carbocycles. The van der Waals surface area contributed by atoms with Gasteiger partial charge in [0.05, 0.1) is 23.2 Å². The quantitative estimate of drug-likeness (QED) is 0.251. The zero-order chi connectivity index (χ0) is 28.5. The lowest BCUT2D eigenvalue weighted by Crippen LogP contribution is -2.52. The molecule has 2 amide bonds. The van der Waals surface area contributed by atoms with Crippen molar-refractivity contribution >= 4 is 40.1 Å². The minimum absolute atomic E-state index is 0.0357.